The summed E-state index contributed by atoms with van der Waals surface area (Å²) in [6, 6.07) is 0.485. The number of ether oxygens (including phenoxy) is 1. The van der Waals surface area contributed by atoms with E-state index in [9.17, 15) is 0 Å². The van der Waals surface area contributed by atoms with Crippen molar-refractivity contribution in [1.29, 1.82) is 0 Å². The van der Waals surface area contributed by atoms with Gasteiger partial charge in [-0.15, -0.1) is 0 Å². The lowest BCUT2D eigenvalue weighted by molar-refractivity contribution is 0.294. The highest BCUT2D eigenvalue weighted by atomic mass is 16.5. The Kier molecular flexibility index (Phi) is 12.4. The number of methoxy groups -OCH3 is 1. The third-order valence-electron chi connectivity index (χ3n) is 3.55. The van der Waals surface area contributed by atoms with Crippen LogP contribution in [0, 0.1) is 5.92 Å². The van der Waals surface area contributed by atoms with Gasteiger partial charge in [0.15, 0.2) is 0 Å². The Labute approximate surface area is 143 Å². The van der Waals surface area contributed by atoms with Gasteiger partial charge in [-0.05, 0) is 50.8 Å². The zero-order valence-electron chi connectivity index (χ0n) is 15.7. The molecular weight excluding hydrogens is 284 g/mol. The van der Waals surface area contributed by atoms with E-state index < -0.39 is 0 Å². The summed E-state index contributed by atoms with van der Waals surface area (Å²) in [5, 5.41) is 7.13. The Morgan fingerprint density at radius 2 is 1.91 bits per heavy atom. The summed E-state index contributed by atoms with van der Waals surface area (Å²) in [6.07, 6.45) is 8.09. The fourth-order valence-electron chi connectivity index (χ4n) is 2.18. The van der Waals surface area contributed by atoms with Gasteiger partial charge in [0.2, 0.25) is 0 Å². The Balaban J connectivity index is 4.25. The van der Waals surface area contributed by atoms with Crippen molar-refractivity contribution < 1.29 is 4.74 Å². The zero-order valence-corrected chi connectivity index (χ0v) is 15.7. The first kappa shape index (κ1) is 21.7. The summed E-state index contributed by atoms with van der Waals surface area (Å²) in [5.41, 5.74) is 2.39. The van der Waals surface area contributed by atoms with Crippen LogP contribution in [0.5, 0.6) is 0 Å². The molecule has 0 aliphatic heterocycles. The predicted octanol–water partition coefficient (Wildman–Crippen LogP) is 4.21. The maximum absolute atomic E-state index is 5.14. The van der Waals surface area contributed by atoms with Crippen LogP contribution in [0.4, 0.5) is 0 Å². The van der Waals surface area contributed by atoms with Crippen LogP contribution in [-0.4, -0.2) is 32.8 Å². The Hall–Kier alpha value is -1.32. The standard InChI is InChI=1S/C20H36N2O/c1-8-19(10-9-18(6)23-7)11-12-21-15-20(13-16(2)3)22-14-17(4)5/h8-10,16,20-22H,1,4,11-15H2,2-3,5-7H3/b18-9+,19-10+. The van der Waals surface area contributed by atoms with E-state index in [-0.39, 0.29) is 0 Å². The first-order valence-corrected chi connectivity index (χ1v) is 8.51. The molecule has 3 nitrogen and oxygen atoms in total. The molecule has 0 heterocycles. The first-order chi connectivity index (χ1) is 10.9. The van der Waals surface area contributed by atoms with Gasteiger partial charge in [0.1, 0.15) is 0 Å². The van der Waals surface area contributed by atoms with Crippen molar-refractivity contribution in [3.63, 3.8) is 0 Å². The molecule has 0 saturated carbocycles. The van der Waals surface area contributed by atoms with Crippen molar-refractivity contribution >= 4 is 0 Å². The minimum Gasteiger partial charge on any atom is -0.501 e. The van der Waals surface area contributed by atoms with Gasteiger partial charge < -0.3 is 15.4 Å². The lowest BCUT2D eigenvalue weighted by Gasteiger charge is -2.21. The van der Waals surface area contributed by atoms with E-state index in [0.29, 0.717) is 12.0 Å². The lowest BCUT2D eigenvalue weighted by atomic mass is 10.0. The number of hydrogen-bond acceptors (Lipinski definition) is 3. The molecule has 0 amide bonds. The first-order valence-electron chi connectivity index (χ1n) is 8.51. The predicted molar refractivity (Wildman–Crippen MR) is 103 cm³/mol. The van der Waals surface area contributed by atoms with Gasteiger partial charge in [0, 0.05) is 19.1 Å². The quantitative estimate of drug-likeness (QED) is 0.231. The molecule has 0 radical (unpaired) electrons. The number of allylic oxidation sites excluding steroid dienone is 4. The lowest BCUT2D eigenvalue weighted by Crippen LogP contribution is -2.40. The normalized spacial score (nSPS) is 14.0. The van der Waals surface area contributed by atoms with Crippen molar-refractivity contribution in [2.45, 2.75) is 46.6 Å². The molecule has 0 fully saturated rings. The molecule has 0 rings (SSSR count). The van der Waals surface area contributed by atoms with E-state index in [0.717, 1.165) is 31.8 Å². The van der Waals surface area contributed by atoms with E-state index in [1.807, 2.05) is 19.1 Å². The number of nitrogens with one attached hydrogen (secondary N) is 2. The van der Waals surface area contributed by atoms with Crippen molar-refractivity contribution in [3.05, 3.63) is 48.3 Å². The van der Waals surface area contributed by atoms with Crippen LogP contribution in [0.25, 0.3) is 0 Å². The van der Waals surface area contributed by atoms with Crippen LogP contribution in [0.2, 0.25) is 0 Å². The fourth-order valence-corrected chi connectivity index (χ4v) is 2.18. The Morgan fingerprint density at radius 1 is 1.22 bits per heavy atom. The van der Waals surface area contributed by atoms with E-state index >= 15 is 0 Å². The van der Waals surface area contributed by atoms with Crippen LogP contribution in [0.1, 0.15) is 40.5 Å². The molecule has 0 aromatic carbocycles. The molecule has 0 bridgehead atoms. The number of rotatable bonds is 13. The van der Waals surface area contributed by atoms with E-state index in [1.165, 1.54) is 17.6 Å². The van der Waals surface area contributed by atoms with E-state index in [4.69, 9.17) is 4.74 Å². The van der Waals surface area contributed by atoms with Gasteiger partial charge in [0.25, 0.3) is 0 Å². The van der Waals surface area contributed by atoms with Gasteiger partial charge in [-0.3, -0.25) is 0 Å². The fraction of sp³-hybridized carbons (Fsp3) is 0.600. The molecule has 0 aliphatic carbocycles. The molecule has 3 heteroatoms. The highest BCUT2D eigenvalue weighted by molar-refractivity contribution is 5.23. The maximum atomic E-state index is 5.14. The molecule has 0 aromatic rings. The highest BCUT2D eigenvalue weighted by Gasteiger charge is 2.09. The minimum absolute atomic E-state index is 0.485. The van der Waals surface area contributed by atoms with Crippen LogP contribution < -0.4 is 10.6 Å². The molecule has 23 heavy (non-hydrogen) atoms. The average molecular weight is 321 g/mol. The molecule has 1 atom stereocenters. The maximum Gasteiger partial charge on any atom is 0.0924 e. The van der Waals surface area contributed by atoms with Crippen LogP contribution in [0.15, 0.2) is 48.3 Å². The third-order valence-corrected chi connectivity index (χ3v) is 3.55. The third kappa shape index (κ3) is 12.9. The van der Waals surface area contributed by atoms with Crippen molar-refractivity contribution in [3.8, 4) is 0 Å². The monoisotopic (exact) mass is 320 g/mol. The van der Waals surface area contributed by atoms with Crippen molar-refractivity contribution in [1.82, 2.24) is 10.6 Å². The van der Waals surface area contributed by atoms with Gasteiger partial charge in [-0.25, -0.2) is 0 Å². The number of hydrogen-bond donors (Lipinski definition) is 2. The molecule has 0 saturated heterocycles. The molecular formula is C20H36N2O. The summed E-state index contributed by atoms with van der Waals surface area (Å²) in [5.74, 6) is 1.59. The molecule has 132 valence electrons. The average Bonchev–Trinajstić information content (AvgIpc) is 2.50. The van der Waals surface area contributed by atoms with Crippen molar-refractivity contribution in [2.24, 2.45) is 5.92 Å². The largest absolute Gasteiger partial charge is 0.501 e. The Morgan fingerprint density at radius 3 is 2.43 bits per heavy atom. The van der Waals surface area contributed by atoms with Crippen molar-refractivity contribution in [2.75, 3.05) is 26.7 Å². The summed E-state index contributed by atoms with van der Waals surface area (Å²) < 4.78 is 5.14. The van der Waals surface area contributed by atoms with Gasteiger partial charge in [0.05, 0.1) is 12.9 Å². The van der Waals surface area contributed by atoms with Gasteiger partial charge in [-0.1, -0.05) is 44.7 Å². The van der Waals surface area contributed by atoms with Crippen LogP contribution in [-0.2, 0) is 4.74 Å². The smallest absolute Gasteiger partial charge is 0.0924 e. The van der Waals surface area contributed by atoms with Gasteiger partial charge >= 0.3 is 0 Å². The van der Waals surface area contributed by atoms with E-state index in [1.54, 1.807) is 7.11 Å². The zero-order chi connectivity index (χ0) is 17.7. The summed E-state index contributed by atoms with van der Waals surface area (Å²) in [6.45, 7) is 19.2. The molecule has 2 N–H and O–H groups in total. The SMILES string of the molecule is C=C/C(=C\C=C(/C)OC)CCNCC(CC(C)C)NCC(=C)C. The summed E-state index contributed by atoms with van der Waals surface area (Å²) in [4.78, 5) is 0. The Bertz CT molecular complexity index is 408. The topological polar surface area (TPSA) is 33.3 Å². The molecule has 1 unspecified atom stereocenters. The van der Waals surface area contributed by atoms with Crippen LogP contribution >= 0.6 is 0 Å². The van der Waals surface area contributed by atoms with Gasteiger partial charge in [-0.2, -0.15) is 0 Å². The van der Waals surface area contributed by atoms with E-state index in [2.05, 4.69) is 50.6 Å². The minimum atomic E-state index is 0.485. The summed E-state index contributed by atoms with van der Waals surface area (Å²) in [7, 11) is 1.68. The molecule has 0 aliphatic rings. The second kappa shape index (κ2) is 13.1. The molecule has 0 aromatic heterocycles. The summed E-state index contributed by atoms with van der Waals surface area (Å²) >= 11 is 0. The van der Waals surface area contributed by atoms with Crippen LogP contribution in [0.3, 0.4) is 0 Å². The second-order valence-corrected chi connectivity index (χ2v) is 6.55. The highest BCUT2D eigenvalue weighted by Crippen LogP contribution is 2.06. The molecule has 0 spiro atoms. The second-order valence-electron chi connectivity index (χ2n) is 6.55.